The lowest BCUT2D eigenvalue weighted by Crippen LogP contribution is -2.44. The van der Waals surface area contributed by atoms with Gasteiger partial charge < -0.3 is 10.2 Å². The number of carboxylic acid groups (broad SMARTS) is 2. The molecule has 0 amide bonds. The molecule has 6 nitrogen and oxygen atoms in total. The number of aliphatic carboxylic acids is 2. The maximum Gasteiger partial charge on any atom is 0.320 e. The number of rotatable bonds is 5. The zero-order chi connectivity index (χ0) is 13.1. The largest absolute Gasteiger partial charge is 0.480 e. The summed E-state index contributed by atoms with van der Waals surface area (Å²) < 4.78 is 0. The minimum Gasteiger partial charge on any atom is -0.480 e. The smallest absolute Gasteiger partial charge is 0.320 e. The van der Waals surface area contributed by atoms with Gasteiger partial charge in [0, 0.05) is 13.1 Å². The van der Waals surface area contributed by atoms with Gasteiger partial charge >= 0.3 is 11.9 Å². The number of carbonyl (C=O) groups is 2. The molecule has 102 valence electrons. The van der Waals surface area contributed by atoms with Crippen molar-refractivity contribution in [3.8, 4) is 0 Å². The lowest BCUT2D eigenvalue weighted by atomic mass is 10.2. The maximum atomic E-state index is 11.0. The first kappa shape index (κ1) is 13.3. The number of hydrogen-bond acceptors (Lipinski definition) is 4. The van der Waals surface area contributed by atoms with Crippen molar-refractivity contribution in [1.82, 2.24) is 9.80 Å². The molecule has 0 aromatic rings. The Hall–Kier alpha value is -1.14. The predicted molar refractivity (Wildman–Crippen MR) is 64.5 cm³/mol. The Bertz CT molecular complexity index is 302. The molecule has 2 aliphatic heterocycles. The van der Waals surface area contributed by atoms with Crippen LogP contribution in [0.15, 0.2) is 0 Å². The molecule has 2 unspecified atom stereocenters. The zero-order valence-corrected chi connectivity index (χ0v) is 10.4. The van der Waals surface area contributed by atoms with Crippen LogP contribution < -0.4 is 0 Å². The molecule has 2 saturated heterocycles. The molecule has 0 saturated carbocycles. The maximum absolute atomic E-state index is 11.0. The summed E-state index contributed by atoms with van der Waals surface area (Å²) in [5, 5.41) is 18.1. The summed E-state index contributed by atoms with van der Waals surface area (Å²) in [5.41, 5.74) is 0. The summed E-state index contributed by atoms with van der Waals surface area (Å²) in [5.74, 6) is -1.52. The van der Waals surface area contributed by atoms with E-state index in [0.717, 1.165) is 25.9 Å². The minimum atomic E-state index is -0.760. The van der Waals surface area contributed by atoms with Crippen molar-refractivity contribution in [2.24, 2.45) is 0 Å². The molecule has 2 N–H and O–H groups in total. The standard InChI is InChI=1S/C12H20N2O4/c15-11(16)9-3-1-5-13(9)7-8-14-6-2-4-10(14)12(17)18/h9-10H,1-8H2,(H,15,16)(H,17,18). The molecule has 0 radical (unpaired) electrons. The second kappa shape index (κ2) is 5.67. The summed E-state index contributed by atoms with van der Waals surface area (Å²) in [4.78, 5) is 26.0. The fourth-order valence-corrected chi connectivity index (χ4v) is 3.00. The second-order valence-corrected chi connectivity index (χ2v) is 5.06. The molecule has 2 atom stereocenters. The normalized spacial score (nSPS) is 29.8. The number of hydrogen-bond donors (Lipinski definition) is 2. The van der Waals surface area contributed by atoms with Gasteiger partial charge in [0.25, 0.3) is 0 Å². The van der Waals surface area contributed by atoms with Crippen LogP contribution in [0, 0.1) is 0 Å². The third kappa shape index (κ3) is 2.81. The van der Waals surface area contributed by atoms with Crippen molar-refractivity contribution in [1.29, 1.82) is 0 Å². The van der Waals surface area contributed by atoms with E-state index in [0.29, 0.717) is 25.9 Å². The average Bonchev–Trinajstić information content (AvgIpc) is 2.94. The van der Waals surface area contributed by atoms with Crippen molar-refractivity contribution >= 4 is 11.9 Å². The molecule has 2 heterocycles. The fourth-order valence-electron chi connectivity index (χ4n) is 3.00. The lowest BCUT2D eigenvalue weighted by molar-refractivity contribution is -0.144. The topological polar surface area (TPSA) is 81.1 Å². The Labute approximate surface area is 106 Å². The van der Waals surface area contributed by atoms with E-state index in [1.165, 1.54) is 0 Å². The summed E-state index contributed by atoms with van der Waals surface area (Å²) in [6.45, 7) is 2.92. The van der Waals surface area contributed by atoms with E-state index in [-0.39, 0.29) is 12.1 Å². The average molecular weight is 256 g/mol. The Balaban J connectivity index is 1.84. The summed E-state index contributed by atoms with van der Waals surface area (Å²) in [7, 11) is 0. The van der Waals surface area contributed by atoms with E-state index in [1.54, 1.807) is 0 Å². The third-order valence-electron chi connectivity index (χ3n) is 3.97. The number of likely N-dealkylation sites (tertiary alicyclic amines) is 2. The van der Waals surface area contributed by atoms with E-state index < -0.39 is 11.9 Å². The molecule has 18 heavy (non-hydrogen) atoms. The van der Waals surface area contributed by atoms with Gasteiger partial charge in [-0.2, -0.15) is 0 Å². The van der Waals surface area contributed by atoms with E-state index in [9.17, 15) is 9.59 Å². The molecule has 0 aliphatic carbocycles. The third-order valence-corrected chi connectivity index (χ3v) is 3.97. The minimum absolute atomic E-state index is 0.379. The van der Waals surface area contributed by atoms with Crippen LogP contribution in [0.1, 0.15) is 25.7 Å². The summed E-state index contributed by atoms with van der Waals surface area (Å²) >= 11 is 0. The Kier molecular flexibility index (Phi) is 4.19. The quantitative estimate of drug-likeness (QED) is 0.725. The Morgan fingerprint density at radius 3 is 1.61 bits per heavy atom. The molecule has 0 bridgehead atoms. The number of nitrogens with zero attached hydrogens (tertiary/aromatic N) is 2. The molecule has 2 aliphatic rings. The highest BCUT2D eigenvalue weighted by Crippen LogP contribution is 2.20. The second-order valence-electron chi connectivity index (χ2n) is 5.06. The molecule has 0 aromatic heterocycles. The SMILES string of the molecule is O=C(O)C1CCCN1CCN1CCCC1C(=O)O. The van der Waals surface area contributed by atoms with Gasteiger partial charge in [0.2, 0.25) is 0 Å². The van der Waals surface area contributed by atoms with Gasteiger partial charge in [-0.3, -0.25) is 19.4 Å². The first-order valence-corrected chi connectivity index (χ1v) is 6.53. The van der Waals surface area contributed by atoms with E-state index in [1.807, 2.05) is 9.80 Å². The fraction of sp³-hybridized carbons (Fsp3) is 0.833. The van der Waals surface area contributed by atoms with Crippen molar-refractivity contribution in [2.75, 3.05) is 26.2 Å². The van der Waals surface area contributed by atoms with Crippen LogP contribution in [0.3, 0.4) is 0 Å². The van der Waals surface area contributed by atoms with Crippen LogP contribution in [-0.4, -0.2) is 70.2 Å². The van der Waals surface area contributed by atoms with Crippen molar-refractivity contribution in [2.45, 2.75) is 37.8 Å². The van der Waals surface area contributed by atoms with Crippen molar-refractivity contribution in [3.05, 3.63) is 0 Å². The van der Waals surface area contributed by atoms with Crippen molar-refractivity contribution < 1.29 is 19.8 Å². The highest BCUT2D eigenvalue weighted by Gasteiger charge is 2.33. The van der Waals surface area contributed by atoms with Crippen LogP contribution in [0.4, 0.5) is 0 Å². The van der Waals surface area contributed by atoms with Gasteiger partial charge in [0.15, 0.2) is 0 Å². The van der Waals surface area contributed by atoms with Gasteiger partial charge in [-0.05, 0) is 38.8 Å². The Morgan fingerprint density at radius 1 is 0.889 bits per heavy atom. The molecule has 0 aromatic carbocycles. The van der Waals surface area contributed by atoms with Crippen LogP contribution >= 0.6 is 0 Å². The van der Waals surface area contributed by atoms with Crippen LogP contribution in [0.5, 0.6) is 0 Å². The highest BCUT2D eigenvalue weighted by molar-refractivity contribution is 5.74. The highest BCUT2D eigenvalue weighted by atomic mass is 16.4. The van der Waals surface area contributed by atoms with Crippen LogP contribution in [-0.2, 0) is 9.59 Å². The van der Waals surface area contributed by atoms with Crippen LogP contribution in [0.25, 0.3) is 0 Å². The first-order chi connectivity index (χ1) is 8.59. The first-order valence-electron chi connectivity index (χ1n) is 6.53. The molecule has 0 spiro atoms. The van der Waals surface area contributed by atoms with Gasteiger partial charge in [-0.15, -0.1) is 0 Å². The van der Waals surface area contributed by atoms with Crippen molar-refractivity contribution in [3.63, 3.8) is 0 Å². The molecular formula is C12H20N2O4. The lowest BCUT2D eigenvalue weighted by Gasteiger charge is -2.26. The van der Waals surface area contributed by atoms with E-state index in [4.69, 9.17) is 10.2 Å². The van der Waals surface area contributed by atoms with Gasteiger partial charge in [-0.25, -0.2) is 0 Å². The summed E-state index contributed by atoms with van der Waals surface area (Å²) in [6.07, 6.45) is 3.24. The van der Waals surface area contributed by atoms with E-state index >= 15 is 0 Å². The molecule has 6 heteroatoms. The Morgan fingerprint density at radius 2 is 1.28 bits per heavy atom. The molecule has 2 rings (SSSR count). The van der Waals surface area contributed by atoms with Gasteiger partial charge in [0.05, 0.1) is 0 Å². The molecule has 2 fully saturated rings. The van der Waals surface area contributed by atoms with E-state index in [2.05, 4.69) is 0 Å². The zero-order valence-electron chi connectivity index (χ0n) is 10.4. The monoisotopic (exact) mass is 256 g/mol. The van der Waals surface area contributed by atoms with Gasteiger partial charge in [-0.1, -0.05) is 0 Å². The van der Waals surface area contributed by atoms with Crippen LogP contribution in [0.2, 0.25) is 0 Å². The molecular weight excluding hydrogens is 236 g/mol. The number of carboxylic acids is 2. The summed E-state index contributed by atoms with van der Waals surface area (Å²) in [6, 6.07) is -0.758. The van der Waals surface area contributed by atoms with Gasteiger partial charge in [0.1, 0.15) is 12.1 Å². The predicted octanol–water partition coefficient (Wildman–Crippen LogP) is 0.0844.